The van der Waals surface area contributed by atoms with Crippen molar-refractivity contribution in [2.45, 2.75) is 6.92 Å². The Hall–Kier alpha value is -2.63. The van der Waals surface area contributed by atoms with E-state index < -0.39 is 5.56 Å². The number of nitrogens with one attached hydrogen (secondary N) is 2. The fourth-order valence-corrected chi connectivity index (χ4v) is 1.45. The van der Waals surface area contributed by atoms with Gasteiger partial charge in [0.1, 0.15) is 11.4 Å². The Balaban J connectivity index is 2.33. The van der Waals surface area contributed by atoms with Crippen LogP contribution >= 0.6 is 0 Å². The average Bonchev–Trinajstić information content (AvgIpc) is 2.32. The van der Waals surface area contributed by atoms with Crippen molar-refractivity contribution in [2.24, 2.45) is 0 Å². The highest BCUT2D eigenvalue weighted by Crippen LogP contribution is 2.13. The summed E-state index contributed by atoms with van der Waals surface area (Å²) < 4.78 is 0. The highest BCUT2D eigenvalue weighted by molar-refractivity contribution is 5.81. The van der Waals surface area contributed by atoms with Gasteiger partial charge in [-0.25, -0.2) is 0 Å². The lowest BCUT2D eigenvalue weighted by Gasteiger charge is -2.06. The molecule has 0 saturated heterocycles. The number of hydrogen-bond acceptors (Lipinski definition) is 5. The molecule has 0 amide bonds. The van der Waals surface area contributed by atoms with Crippen molar-refractivity contribution in [1.29, 1.82) is 0 Å². The highest BCUT2D eigenvalue weighted by Gasteiger charge is 2.07. The van der Waals surface area contributed by atoms with Crippen LogP contribution in [-0.4, -0.2) is 16.3 Å². The molecule has 18 heavy (non-hydrogen) atoms. The zero-order valence-electron chi connectivity index (χ0n) is 9.73. The van der Waals surface area contributed by atoms with Crippen LogP contribution in [0.5, 0.6) is 0 Å². The summed E-state index contributed by atoms with van der Waals surface area (Å²) >= 11 is 0. The number of anilines is 3. The van der Waals surface area contributed by atoms with Crippen molar-refractivity contribution in [3.8, 4) is 0 Å². The third-order valence-electron chi connectivity index (χ3n) is 2.42. The Morgan fingerprint density at radius 1 is 1.33 bits per heavy atom. The second-order valence-corrected chi connectivity index (χ2v) is 3.82. The number of aryl methyl sites for hydroxylation is 1. The monoisotopic (exact) mass is 244 g/mol. The number of carbonyl (C=O) groups excluding carboxylic acids is 1. The summed E-state index contributed by atoms with van der Waals surface area (Å²) in [6.07, 6.45) is 0.386. The van der Waals surface area contributed by atoms with Crippen LogP contribution in [-0.2, 0) is 0 Å². The van der Waals surface area contributed by atoms with Crippen LogP contribution in [0.2, 0.25) is 0 Å². The first-order chi connectivity index (χ1) is 8.60. The minimum atomic E-state index is -0.563. The average molecular weight is 244 g/mol. The highest BCUT2D eigenvalue weighted by atomic mass is 16.1. The molecule has 0 bridgehead atoms. The number of aromatic nitrogens is 2. The number of benzene rings is 1. The quantitative estimate of drug-likeness (QED) is 0.704. The van der Waals surface area contributed by atoms with Crippen molar-refractivity contribution >= 4 is 23.7 Å². The van der Waals surface area contributed by atoms with Gasteiger partial charge in [0.2, 0.25) is 5.95 Å². The molecule has 0 spiro atoms. The molecule has 0 aliphatic rings. The van der Waals surface area contributed by atoms with Crippen LogP contribution in [0.4, 0.5) is 17.5 Å². The third-order valence-corrected chi connectivity index (χ3v) is 2.42. The first-order valence-corrected chi connectivity index (χ1v) is 5.29. The lowest BCUT2D eigenvalue weighted by molar-refractivity contribution is 0.112. The van der Waals surface area contributed by atoms with E-state index in [4.69, 9.17) is 5.73 Å². The van der Waals surface area contributed by atoms with Crippen molar-refractivity contribution in [3.63, 3.8) is 0 Å². The van der Waals surface area contributed by atoms with Crippen LogP contribution in [0.1, 0.15) is 15.9 Å². The van der Waals surface area contributed by atoms with Gasteiger partial charge in [-0.3, -0.25) is 14.6 Å². The molecule has 6 nitrogen and oxygen atoms in total. The Kier molecular flexibility index (Phi) is 3.09. The minimum Gasteiger partial charge on any atom is -0.383 e. The van der Waals surface area contributed by atoms with E-state index in [-0.39, 0.29) is 17.3 Å². The molecule has 0 atom stereocenters. The first kappa shape index (κ1) is 11.8. The summed E-state index contributed by atoms with van der Waals surface area (Å²) in [6, 6.07) is 7.53. The minimum absolute atomic E-state index is 0.0941. The standard InChI is InChI=1S/C12H12N4O2/c1-7-2-4-8(5-3-7)14-12-15-10(13)9(6-17)11(18)16-12/h2-6H,1H3,(H4,13,14,15,16,18). The second kappa shape index (κ2) is 4.70. The molecule has 0 unspecified atom stereocenters. The zero-order chi connectivity index (χ0) is 13.1. The Morgan fingerprint density at radius 2 is 2.00 bits per heavy atom. The number of H-pyrrole nitrogens is 1. The van der Waals surface area contributed by atoms with E-state index in [1.54, 1.807) is 0 Å². The fourth-order valence-electron chi connectivity index (χ4n) is 1.45. The maximum absolute atomic E-state index is 11.5. The third kappa shape index (κ3) is 2.37. The number of nitrogens with zero attached hydrogens (tertiary/aromatic N) is 1. The molecule has 0 saturated carbocycles. The van der Waals surface area contributed by atoms with Crippen molar-refractivity contribution in [3.05, 3.63) is 45.7 Å². The van der Waals surface area contributed by atoms with Gasteiger partial charge < -0.3 is 11.1 Å². The topological polar surface area (TPSA) is 101 Å². The number of rotatable bonds is 3. The van der Waals surface area contributed by atoms with Crippen LogP contribution in [0.3, 0.4) is 0 Å². The lowest BCUT2D eigenvalue weighted by Crippen LogP contribution is -2.18. The van der Waals surface area contributed by atoms with Crippen LogP contribution in [0.15, 0.2) is 29.1 Å². The number of nitrogens with two attached hydrogens (primary N) is 1. The van der Waals surface area contributed by atoms with E-state index >= 15 is 0 Å². The predicted octanol–water partition coefficient (Wildman–Crippen LogP) is 1.22. The summed E-state index contributed by atoms with van der Waals surface area (Å²) in [5.74, 6) is 0.107. The molecular formula is C12H12N4O2. The van der Waals surface area contributed by atoms with Crippen molar-refractivity contribution in [2.75, 3.05) is 11.1 Å². The van der Waals surface area contributed by atoms with Gasteiger partial charge in [0.15, 0.2) is 6.29 Å². The smallest absolute Gasteiger partial charge is 0.265 e. The van der Waals surface area contributed by atoms with Crippen molar-refractivity contribution < 1.29 is 4.79 Å². The normalized spacial score (nSPS) is 10.1. The molecule has 1 heterocycles. The molecular weight excluding hydrogens is 232 g/mol. The number of hydrogen-bond donors (Lipinski definition) is 3. The molecule has 0 radical (unpaired) electrons. The largest absolute Gasteiger partial charge is 0.383 e. The van der Waals surface area contributed by atoms with Gasteiger partial charge >= 0.3 is 0 Å². The summed E-state index contributed by atoms with van der Waals surface area (Å²) in [5.41, 5.74) is 6.67. The van der Waals surface area contributed by atoms with E-state index in [1.165, 1.54) is 0 Å². The van der Waals surface area contributed by atoms with Crippen LogP contribution in [0, 0.1) is 6.92 Å². The van der Waals surface area contributed by atoms with E-state index in [0.29, 0.717) is 6.29 Å². The zero-order valence-corrected chi connectivity index (χ0v) is 9.73. The van der Waals surface area contributed by atoms with Crippen molar-refractivity contribution in [1.82, 2.24) is 9.97 Å². The Labute approximate surface area is 103 Å². The number of carbonyl (C=O) groups is 1. The van der Waals surface area contributed by atoms with Gasteiger partial charge in [-0.1, -0.05) is 17.7 Å². The van der Waals surface area contributed by atoms with E-state index in [0.717, 1.165) is 11.3 Å². The van der Waals surface area contributed by atoms with Crippen LogP contribution in [0.25, 0.3) is 0 Å². The maximum atomic E-state index is 11.5. The molecule has 2 rings (SSSR count). The Bertz CT molecular complexity index is 632. The summed E-state index contributed by atoms with van der Waals surface area (Å²) in [4.78, 5) is 28.4. The molecule has 92 valence electrons. The first-order valence-electron chi connectivity index (χ1n) is 5.29. The SMILES string of the molecule is Cc1ccc(Nc2nc(N)c(C=O)c(=O)[nH]2)cc1. The number of aldehydes is 1. The van der Waals surface area contributed by atoms with Gasteiger partial charge in [0.05, 0.1) is 0 Å². The molecule has 1 aromatic heterocycles. The van der Waals surface area contributed by atoms with Gasteiger partial charge in [0, 0.05) is 5.69 Å². The summed E-state index contributed by atoms with van der Waals surface area (Å²) in [6.45, 7) is 1.97. The Morgan fingerprint density at radius 3 is 2.56 bits per heavy atom. The number of nitrogen functional groups attached to an aromatic ring is 1. The van der Waals surface area contributed by atoms with Gasteiger partial charge in [-0.15, -0.1) is 0 Å². The molecule has 4 N–H and O–H groups in total. The molecule has 0 fully saturated rings. The van der Waals surface area contributed by atoms with Gasteiger partial charge in [0.25, 0.3) is 5.56 Å². The van der Waals surface area contributed by atoms with E-state index in [1.807, 2.05) is 31.2 Å². The molecule has 2 aromatic rings. The molecule has 0 aliphatic heterocycles. The second-order valence-electron chi connectivity index (χ2n) is 3.82. The maximum Gasteiger partial charge on any atom is 0.265 e. The molecule has 6 heteroatoms. The summed E-state index contributed by atoms with van der Waals surface area (Å²) in [7, 11) is 0. The van der Waals surface area contributed by atoms with Gasteiger partial charge in [-0.05, 0) is 19.1 Å². The van der Waals surface area contributed by atoms with E-state index in [9.17, 15) is 9.59 Å². The van der Waals surface area contributed by atoms with Gasteiger partial charge in [-0.2, -0.15) is 4.98 Å². The molecule has 1 aromatic carbocycles. The summed E-state index contributed by atoms with van der Waals surface area (Å²) in [5, 5.41) is 2.90. The fraction of sp³-hybridized carbons (Fsp3) is 0.0833. The van der Waals surface area contributed by atoms with Crippen LogP contribution < -0.4 is 16.6 Å². The molecule has 0 aliphatic carbocycles. The lowest BCUT2D eigenvalue weighted by atomic mass is 10.2. The van der Waals surface area contributed by atoms with E-state index in [2.05, 4.69) is 15.3 Å². The predicted molar refractivity (Wildman–Crippen MR) is 69.1 cm³/mol. The number of aromatic amines is 1.